The molecule has 3 atom stereocenters. The van der Waals surface area contributed by atoms with Crippen LogP contribution in [0.3, 0.4) is 0 Å². The molecule has 0 radical (unpaired) electrons. The van der Waals surface area contributed by atoms with Gasteiger partial charge in [-0.2, -0.15) is 26.3 Å². The first-order valence-electron chi connectivity index (χ1n) is 12.1. The monoisotopic (exact) mass is 573 g/mol. The summed E-state index contributed by atoms with van der Waals surface area (Å²) in [5.41, 5.74) is 1.36. The molecule has 4 rings (SSSR count). The third kappa shape index (κ3) is 10.1. The summed E-state index contributed by atoms with van der Waals surface area (Å²) in [6.45, 7) is 7.76. The summed E-state index contributed by atoms with van der Waals surface area (Å²) in [5.74, 6) is -4.58. The molecule has 0 spiro atoms. The van der Waals surface area contributed by atoms with Gasteiger partial charge in [0.1, 0.15) is 5.75 Å². The average molecular weight is 574 g/mol. The maximum Gasteiger partial charge on any atom is 0.490 e. The second-order valence-electron chi connectivity index (χ2n) is 9.33. The van der Waals surface area contributed by atoms with Crippen LogP contribution in [0.4, 0.5) is 26.3 Å². The Hall–Kier alpha value is -2.62. The van der Waals surface area contributed by atoms with Gasteiger partial charge in [-0.05, 0) is 37.6 Å². The van der Waals surface area contributed by atoms with Crippen molar-refractivity contribution >= 4 is 11.9 Å². The van der Waals surface area contributed by atoms with Crippen molar-refractivity contribution in [2.45, 2.75) is 49.9 Å². The molecule has 0 aliphatic carbocycles. The van der Waals surface area contributed by atoms with E-state index >= 15 is 0 Å². The van der Waals surface area contributed by atoms with Crippen LogP contribution in [0, 0.1) is 0 Å². The van der Waals surface area contributed by atoms with Crippen LogP contribution < -0.4 is 4.74 Å². The standard InChI is InChI=1S/C20H31N3O2.2C2HF3O2/c1-21-9-11-22(12-10-21)19-15-23(18-4-3-13-25-20(18)19)14-16-5-7-17(24-2)8-6-16;2*3-2(4,5)1(6)7/h5-8,18-20H,3-4,9-15H2,1-2H3;2*(H,6,7)/t18-,19-,20+;;/m0../s1. The lowest BCUT2D eigenvalue weighted by Crippen LogP contribution is -2.54. The number of hydrogen-bond acceptors (Lipinski definition) is 7. The highest BCUT2D eigenvalue weighted by Gasteiger charge is 2.46. The number of benzene rings is 1. The van der Waals surface area contributed by atoms with Crippen molar-refractivity contribution in [3.8, 4) is 5.75 Å². The Kier molecular flexibility index (Phi) is 11.8. The van der Waals surface area contributed by atoms with E-state index in [1.165, 1.54) is 44.6 Å². The number of rotatable bonds is 4. The topological polar surface area (TPSA) is 103 Å². The number of fused-ring (bicyclic) bond motifs is 1. The third-order valence-electron chi connectivity index (χ3n) is 6.64. The van der Waals surface area contributed by atoms with Crippen LogP contribution in [0.1, 0.15) is 18.4 Å². The van der Waals surface area contributed by atoms with Crippen LogP contribution in [-0.4, -0.2) is 121 Å². The van der Waals surface area contributed by atoms with Crippen LogP contribution in [-0.2, 0) is 20.9 Å². The maximum absolute atomic E-state index is 10.6. The van der Waals surface area contributed by atoms with E-state index < -0.39 is 24.3 Å². The zero-order chi connectivity index (χ0) is 29.4. The first kappa shape index (κ1) is 32.6. The van der Waals surface area contributed by atoms with Crippen LogP contribution in [0.25, 0.3) is 0 Å². The highest BCUT2D eigenvalue weighted by atomic mass is 19.4. The zero-order valence-corrected chi connectivity index (χ0v) is 21.5. The van der Waals surface area contributed by atoms with E-state index in [-0.39, 0.29) is 0 Å². The van der Waals surface area contributed by atoms with Crippen LogP contribution in [0.15, 0.2) is 24.3 Å². The molecule has 0 amide bonds. The van der Waals surface area contributed by atoms with E-state index in [9.17, 15) is 26.3 Å². The Morgan fingerprint density at radius 3 is 1.92 bits per heavy atom. The fourth-order valence-corrected chi connectivity index (χ4v) is 4.65. The van der Waals surface area contributed by atoms with Gasteiger partial charge in [0.2, 0.25) is 0 Å². The van der Waals surface area contributed by atoms with E-state index in [0.717, 1.165) is 25.4 Å². The number of carbonyl (C=O) groups is 2. The van der Waals surface area contributed by atoms with Crippen molar-refractivity contribution in [2.24, 2.45) is 0 Å². The molecule has 1 aromatic rings. The van der Waals surface area contributed by atoms with E-state index in [1.807, 2.05) is 0 Å². The molecule has 3 fully saturated rings. The van der Waals surface area contributed by atoms with Gasteiger partial charge in [-0.3, -0.25) is 9.80 Å². The molecule has 3 aliphatic rings. The molecule has 39 heavy (non-hydrogen) atoms. The number of ether oxygens (including phenoxy) is 2. The quantitative estimate of drug-likeness (QED) is 0.527. The molecule has 15 heteroatoms. The number of nitrogens with zero attached hydrogens (tertiary/aromatic N) is 3. The smallest absolute Gasteiger partial charge is 0.490 e. The molecular weight excluding hydrogens is 540 g/mol. The van der Waals surface area contributed by atoms with E-state index in [0.29, 0.717) is 18.2 Å². The van der Waals surface area contributed by atoms with Crippen molar-refractivity contribution in [1.82, 2.24) is 14.7 Å². The number of halogens is 6. The largest absolute Gasteiger partial charge is 0.497 e. The van der Waals surface area contributed by atoms with Crippen molar-refractivity contribution in [1.29, 1.82) is 0 Å². The van der Waals surface area contributed by atoms with Crippen molar-refractivity contribution < 1.29 is 55.6 Å². The fourth-order valence-electron chi connectivity index (χ4n) is 4.65. The summed E-state index contributed by atoms with van der Waals surface area (Å²) < 4.78 is 75.0. The lowest BCUT2D eigenvalue weighted by atomic mass is 9.99. The third-order valence-corrected chi connectivity index (χ3v) is 6.64. The number of piperazine rings is 1. The van der Waals surface area contributed by atoms with Gasteiger partial charge in [-0.25, -0.2) is 9.59 Å². The number of carboxylic acids is 2. The summed E-state index contributed by atoms with van der Waals surface area (Å²) in [6, 6.07) is 9.65. The summed E-state index contributed by atoms with van der Waals surface area (Å²) in [7, 11) is 3.95. The Bertz CT molecular complexity index is 898. The number of methoxy groups -OCH3 is 1. The Labute approximate surface area is 221 Å². The van der Waals surface area contributed by atoms with Crippen LogP contribution in [0.5, 0.6) is 5.75 Å². The minimum Gasteiger partial charge on any atom is -0.497 e. The number of aliphatic carboxylic acids is 2. The van der Waals surface area contributed by atoms with E-state index in [4.69, 9.17) is 29.3 Å². The van der Waals surface area contributed by atoms with Gasteiger partial charge in [0.15, 0.2) is 0 Å². The van der Waals surface area contributed by atoms with E-state index in [2.05, 4.69) is 46.0 Å². The van der Waals surface area contributed by atoms with Gasteiger partial charge in [0, 0.05) is 51.9 Å². The highest BCUT2D eigenvalue weighted by molar-refractivity contribution is 5.73. The maximum atomic E-state index is 10.6. The fraction of sp³-hybridized carbons (Fsp3) is 0.667. The molecule has 3 aliphatic heterocycles. The summed E-state index contributed by atoms with van der Waals surface area (Å²) in [6.07, 6.45) is -7.32. The van der Waals surface area contributed by atoms with Gasteiger partial charge in [-0.15, -0.1) is 0 Å². The van der Waals surface area contributed by atoms with Crippen LogP contribution in [0.2, 0.25) is 0 Å². The number of hydrogen-bond donors (Lipinski definition) is 2. The van der Waals surface area contributed by atoms with Crippen LogP contribution >= 0.6 is 0 Å². The second-order valence-corrected chi connectivity index (χ2v) is 9.33. The molecule has 3 saturated heterocycles. The molecule has 1 aromatic carbocycles. The molecule has 222 valence electrons. The molecule has 2 N–H and O–H groups in total. The summed E-state index contributed by atoms with van der Waals surface area (Å²) in [5, 5.41) is 14.2. The second kappa shape index (κ2) is 14.1. The van der Waals surface area contributed by atoms with Gasteiger partial charge in [0.25, 0.3) is 0 Å². The molecular formula is C24H33F6N3O6. The molecule has 0 saturated carbocycles. The zero-order valence-electron chi connectivity index (χ0n) is 21.5. The lowest BCUT2D eigenvalue weighted by Gasteiger charge is -2.39. The molecule has 0 bridgehead atoms. The van der Waals surface area contributed by atoms with E-state index in [1.54, 1.807) is 7.11 Å². The number of alkyl halides is 6. The summed E-state index contributed by atoms with van der Waals surface area (Å²) >= 11 is 0. The molecule has 9 nitrogen and oxygen atoms in total. The number of likely N-dealkylation sites (tertiary alicyclic amines) is 1. The van der Waals surface area contributed by atoms with Gasteiger partial charge in [0.05, 0.1) is 19.3 Å². The molecule has 3 heterocycles. The van der Waals surface area contributed by atoms with Crippen molar-refractivity contribution in [3.05, 3.63) is 29.8 Å². The lowest BCUT2D eigenvalue weighted by molar-refractivity contribution is -0.193. The first-order valence-corrected chi connectivity index (χ1v) is 12.1. The Morgan fingerprint density at radius 2 is 1.46 bits per heavy atom. The summed E-state index contributed by atoms with van der Waals surface area (Å²) in [4.78, 5) is 25.6. The normalized spacial score (nSPS) is 24.5. The Morgan fingerprint density at radius 1 is 0.949 bits per heavy atom. The predicted molar refractivity (Wildman–Crippen MR) is 126 cm³/mol. The van der Waals surface area contributed by atoms with Gasteiger partial charge >= 0.3 is 24.3 Å². The average Bonchev–Trinajstić information content (AvgIpc) is 3.23. The SMILES string of the molecule is COc1ccc(CN2C[C@H](N3CCN(C)CC3)[C@@H]3OCCC[C@@H]32)cc1.O=C(O)C(F)(F)F.O=C(O)C(F)(F)F. The predicted octanol–water partition coefficient (Wildman–Crippen LogP) is 2.94. The number of likely N-dealkylation sites (N-methyl/N-ethyl adjacent to an activating group) is 1. The highest BCUT2D eigenvalue weighted by Crippen LogP contribution is 2.33. The van der Waals surface area contributed by atoms with Gasteiger partial charge in [-0.1, -0.05) is 12.1 Å². The molecule has 0 unspecified atom stereocenters. The first-order chi connectivity index (χ1) is 18.1. The van der Waals surface area contributed by atoms with Gasteiger partial charge < -0.3 is 24.6 Å². The minimum atomic E-state index is -5.08. The minimum absolute atomic E-state index is 0.385. The molecule has 0 aromatic heterocycles. The van der Waals surface area contributed by atoms with Crippen molar-refractivity contribution in [2.75, 3.05) is 53.5 Å². The number of carboxylic acid groups (broad SMARTS) is 2. The Balaban J connectivity index is 0.000000317. The van der Waals surface area contributed by atoms with Crippen molar-refractivity contribution in [3.63, 3.8) is 0 Å².